The van der Waals surface area contributed by atoms with E-state index in [1.54, 1.807) is 0 Å². The van der Waals surface area contributed by atoms with Crippen molar-refractivity contribution in [1.82, 2.24) is 38.9 Å². The van der Waals surface area contributed by atoms with Crippen molar-refractivity contribution in [1.29, 1.82) is 0 Å². The number of hydrogen-bond acceptors (Lipinski definition) is 6. The van der Waals surface area contributed by atoms with Crippen molar-refractivity contribution in [3.63, 3.8) is 0 Å². The fourth-order valence-corrected chi connectivity index (χ4v) is 10.3. The molecule has 1 N–H and O–H groups in total. The molecule has 8 heterocycles. The number of ether oxygens (including phenoxy) is 2. The van der Waals surface area contributed by atoms with Gasteiger partial charge >= 0.3 is 0 Å². The monoisotopic (exact) mass is 861 g/mol. The fourth-order valence-electron chi connectivity index (χ4n) is 10.3. The maximum Gasteiger partial charge on any atom is 0.222 e. The third kappa shape index (κ3) is 10.1. The molecule has 0 spiro atoms. The van der Waals surface area contributed by atoms with Gasteiger partial charge in [-0.3, -0.25) is 4.79 Å². The van der Waals surface area contributed by atoms with Crippen LogP contribution in [0.5, 0.6) is 0 Å². The maximum absolute atomic E-state index is 12.7. The number of aryl methyl sites for hydroxylation is 1. The van der Waals surface area contributed by atoms with Crippen LogP contribution < -0.4 is 5.32 Å². The van der Waals surface area contributed by atoms with Crippen molar-refractivity contribution in [2.45, 2.75) is 103 Å². The summed E-state index contributed by atoms with van der Waals surface area (Å²) in [6.45, 7) is 7.85. The number of nitrogens with zero attached hydrogens (tertiary/aromatic N) is 7. The zero-order chi connectivity index (χ0) is 43.1. The summed E-state index contributed by atoms with van der Waals surface area (Å²) in [4.78, 5) is 14.8. The Bertz CT molecular complexity index is 2580. The average Bonchev–Trinajstić information content (AvgIpc) is 4.20. The predicted octanol–water partition coefficient (Wildman–Crippen LogP) is 10.3. The molecule has 64 heavy (non-hydrogen) atoms. The fraction of sp³-hybridized carbons (Fsp3) is 0.453. The van der Waals surface area contributed by atoms with E-state index in [1.165, 1.54) is 64.2 Å². The first kappa shape index (κ1) is 42.5. The minimum absolute atomic E-state index is 0.0675. The largest absolute Gasteiger partial charge is 0.357 e. The summed E-state index contributed by atoms with van der Waals surface area (Å²) in [5, 5.41) is 15.2. The first-order valence-electron chi connectivity index (χ1n) is 24.1. The second kappa shape index (κ2) is 20.1. The Kier molecular flexibility index (Phi) is 13.4. The lowest BCUT2D eigenvalue weighted by molar-refractivity contribution is -0.132. The van der Waals surface area contributed by atoms with Crippen LogP contribution in [0.3, 0.4) is 0 Å². The second-order valence-corrected chi connectivity index (χ2v) is 18.5. The SMILES string of the molecule is O=C(CCc1ccccc1)N1CCC(Cn2ccc3cc(-c4cnn(C5CCCCO5)c4)ccc32)CC1.c1cc2c(ccn2CC2CCNCC2)cc1-c1cnn(C2CCCCO2)c1. The summed E-state index contributed by atoms with van der Waals surface area (Å²) in [7, 11) is 0. The number of rotatable bonds is 11. The lowest BCUT2D eigenvalue weighted by Gasteiger charge is -2.32. The zero-order valence-corrected chi connectivity index (χ0v) is 37.3. The van der Waals surface area contributed by atoms with Crippen molar-refractivity contribution in [2.75, 3.05) is 39.4 Å². The minimum atomic E-state index is 0.0675. The number of carbonyl (C=O) groups is 1. The van der Waals surface area contributed by atoms with Crippen molar-refractivity contribution < 1.29 is 14.3 Å². The van der Waals surface area contributed by atoms with Crippen LogP contribution in [0.2, 0.25) is 0 Å². The van der Waals surface area contributed by atoms with Crippen LogP contribution >= 0.6 is 0 Å². The van der Waals surface area contributed by atoms with Crippen LogP contribution in [0, 0.1) is 11.8 Å². The molecule has 0 radical (unpaired) electrons. The predicted molar refractivity (Wildman–Crippen MR) is 254 cm³/mol. The van der Waals surface area contributed by atoms with Gasteiger partial charge in [0.05, 0.1) is 12.4 Å². The van der Waals surface area contributed by atoms with E-state index in [9.17, 15) is 4.79 Å². The van der Waals surface area contributed by atoms with E-state index in [-0.39, 0.29) is 12.5 Å². The van der Waals surface area contributed by atoms with E-state index < -0.39 is 0 Å². The second-order valence-electron chi connectivity index (χ2n) is 18.5. The molecular weight excluding hydrogens is 797 g/mol. The molecule has 2 atom stereocenters. The molecule has 4 saturated heterocycles. The number of fused-ring (bicyclic) bond motifs is 2. The first-order valence-corrected chi connectivity index (χ1v) is 24.1. The minimum Gasteiger partial charge on any atom is -0.357 e. The molecule has 3 aromatic carbocycles. The molecule has 0 saturated carbocycles. The highest BCUT2D eigenvalue weighted by Crippen LogP contribution is 2.31. The van der Waals surface area contributed by atoms with Gasteiger partial charge in [-0.25, -0.2) is 9.36 Å². The molecule has 11 rings (SSSR count). The number of amides is 1. The Hall–Kier alpha value is -5.49. The first-order chi connectivity index (χ1) is 31.6. The van der Waals surface area contributed by atoms with E-state index in [0.717, 1.165) is 114 Å². The summed E-state index contributed by atoms with van der Waals surface area (Å²) in [6.07, 6.45) is 25.7. The van der Waals surface area contributed by atoms with Gasteiger partial charge in [-0.2, -0.15) is 10.2 Å². The Morgan fingerprint density at radius 2 is 1.16 bits per heavy atom. The number of benzene rings is 3. The third-order valence-corrected chi connectivity index (χ3v) is 14.1. The van der Waals surface area contributed by atoms with E-state index in [1.807, 2.05) is 40.0 Å². The average molecular weight is 861 g/mol. The maximum atomic E-state index is 12.7. The summed E-state index contributed by atoms with van der Waals surface area (Å²) in [5.74, 6) is 1.68. The number of piperidine rings is 2. The molecule has 4 fully saturated rings. The molecule has 0 bridgehead atoms. The van der Waals surface area contributed by atoms with Gasteiger partial charge in [0, 0.05) is 104 Å². The number of carbonyl (C=O) groups excluding carboxylic acids is 1. The summed E-state index contributed by atoms with van der Waals surface area (Å²) < 4.78 is 20.5. The van der Waals surface area contributed by atoms with Crippen molar-refractivity contribution >= 4 is 27.7 Å². The van der Waals surface area contributed by atoms with Crippen LogP contribution in [0.15, 0.2) is 116 Å². The molecule has 4 aliphatic heterocycles. The van der Waals surface area contributed by atoms with Crippen molar-refractivity contribution in [2.24, 2.45) is 11.8 Å². The summed E-state index contributed by atoms with van der Waals surface area (Å²) in [6, 6.07) is 28.3. The molecule has 7 aromatic rings. The van der Waals surface area contributed by atoms with Gasteiger partial charge in [0.1, 0.15) is 12.5 Å². The van der Waals surface area contributed by atoms with Gasteiger partial charge in [0.25, 0.3) is 0 Å². The highest BCUT2D eigenvalue weighted by atomic mass is 16.5. The number of aromatic nitrogens is 6. The van der Waals surface area contributed by atoms with E-state index in [2.05, 4.69) is 115 Å². The van der Waals surface area contributed by atoms with E-state index in [0.29, 0.717) is 18.2 Å². The zero-order valence-electron chi connectivity index (χ0n) is 37.3. The summed E-state index contributed by atoms with van der Waals surface area (Å²) in [5.41, 5.74) is 8.55. The van der Waals surface area contributed by atoms with Crippen molar-refractivity contribution in [3.05, 3.63) is 122 Å². The van der Waals surface area contributed by atoms with Crippen LogP contribution in [0.4, 0.5) is 0 Å². The number of likely N-dealkylation sites (tertiary alicyclic amines) is 1. The highest BCUT2D eigenvalue weighted by Gasteiger charge is 2.24. The molecule has 0 aliphatic carbocycles. The van der Waals surface area contributed by atoms with Crippen LogP contribution in [0.25, 0.3) is 44.1 Å². The standard InChI is InChI=1S/C31H36N4O2.C22H28N4O/c36-30(12-9-24-6-2-1-3-7-24)33-16-13-25(14-17-33)22-34-18-15-27-20-26(10-11-29(27)34)28-21-32-35(23-28)31-8-4-5-19-37-31;1-2-12-27-22(3-1)26-16-20(14-24-26)18-4-5-21-19(13-18)8-11-25(21)15-17-6-9-23-10-7-17/h1-3,6-7,10-11,15,18,20-21,23,25,31H,4-5,8-9,12-14,16-17,19,22H2;4-5,8,11,13-14,16-17,22-23H,1-3,6-7,9-10,12,15H2. The Labute approximate surface area is 377 Å². The van der Waals surface area contributed by atoms with Gasteiger partial charge in [-0.15, -0.1) is 0 Å². The van der Waals surface area contributed by atoms with Gasteiger partial charge in [0.15, 0.2) is 0 Å². The normalized spacial score (nSPS) is 20.1. The van der Waals surface area contributed by atoms with Gasteiger partial charge in [-0.1, -0.05) is 42.5 Å². The molecular formula is C53H64N8O3. The molecule has 334 valence electrons. The lowest BCUT2D eigenvalue weighted by Crippen LogP contribution is -2.39. The third-order valence-electron chi connectivity index (χ3n) is 14.1. The Balaban J connectivity index is 0.000000159. The smallest absolute Gasteiger partial charge is 0.222 e. The molecule has 1 amide bonds. The number of hydrogen-bond donors (Lipinski definition) is 1. The Morgan fingerprint density at radius 3 is 1.69 bits per heavy atom. The van der Waals surface area contributed by atoms with Crippen LogP contribution in [-0.2, 0) is 33.8 Å². The van der Waals surface area contributed by atoms with Crippen molar-refractivity contribution in [3.8, 4) is 22.3 Å². The molecule has 11 heteroatoms. The van der Waals surface area contributed by atoms with E-state index >= 15 is 0 Å². The highest BCUT2D eigenvalue weighted by molar-refractivity contribution is 5.86. The van der Waals surface area contributed by atoms with Crippen LogP contribution in [-0.4, -0.2) is 78.9 Å². The molecule has 11 nitrogen and oxygen atoms in total. The summed E-state index contributed by atoms with van der Waals surface area (Å²) >= 11 is 0. The topological polar surface area (TPSA) is 96.3 Å². The molecule has 2 unspecified atom stereocenters. The van der Waals surface area contributed by atoms with E-state index in [4.69, 9.17) is 9.47 Å². The molecule has 4 aromatic heterocycles. The Morgan fingerprint density at radius 1 is 0.609 bits per heavy atom. The lowest BCUT2D eigenvalue weighted by atomic mass is 9.96. The van der Waals surface area contributed by atoms with Crippen LogP contribution in [0.1, 0.15) is 88.6 Å². The molecule has 4 aliphatic rings. The van der Waals surface area contributed by atoms with Gasteiger partial charge in [-0.05, 0) is 149 Å². The van der Waals surface area contributed by atoms with Gasteiger partial charge < -0.3 is 28.8 Å². The number of nitrogens with one attached hydrogen (secondary N) is 1. The quantitative estimate of drug-likeness (QED) is 0.139. The van der Waals surface area contributed by atoms with Gasteiger partial charge in [0.2, 0.25) is 5.91 Å².